The molecular weight excluding hydrogens is 626 g/mol. The number of benzene rings is 2. The lowest BCUT2D eigenvalue weighted by Gasteiger charge is -2.27. The molecule has 0 spiro atoms. The molecule has 0 aromatic heterocycles. The third kappa shape index (κ3) is 15.4. The van der Waals surface area contributed by atoms with E-state index in [0.717, 1.165) is 11.1 Å². The number of esters is 3. The fourth-order valence-corrected chi connectivity index (χ4v) is 4.46. The highest BCUT2D eigenvalue weighted by Crippen LogP contribution is 2.33. The van der Waals surface area contributed by atoms with Gasteiger partial charge in [0, 0.05) is 25.0 Å². The number of nitrogens with one attached hydrogen (secondary N) is 1. The van der Waals surface area contributed by atoms with E-state index in [1.807, 2.05) is 86.5 Å². The third-order valence-electron chi connectivity index (χ3n) is 7.33. The number of rotatable bonds is 22. The normalized spacial score (nSPS) is 12.8. The van der Waals surface area contributed by atoms with Gasteiger partial charge in [-0.05, 0) is 70.6 Å². The van der Waals surface area contributed by atoms with Gasteiger partial charge in [0.25, 0.3) is 0 Å². The summed E-state index contributed by atoms with van der Waals surface area (Å²) >= 11 is 6.00. The van der Waals surface area contributed by atoms with E-state index < -0.39 is 18.2 Å². The molecule has 0 saturated heterocycles. The average Bonchev–Trinajstić information content (AvgIpc) is 3.05. The van der Waals surface area contributed by atoms with Gasteiger partial charge >= 0.3 is 17.9 Å². The molecule has 0 aliphatic heterocycles. The molecule has 0 amide bonds. The van der Waals surface area contributed by atoms with Crippen LogP contribution in [-0.4, -0.2) is 120 Å². The van der Waals surface area contributed by atoms with Crippen LogP contribution in [-0.2, 0) is 34.0 Å². The van der Waals surface area contributed by atoms with Gasteiger partial charge in [-0.25, -0.2) is 0 Å². The quantitative estimate of drug-likeness (QED) is 0.111. The highest BCUT2D eigenvalue weighted by Gasteiger charge is 2.24. The molecule has 0 heterocycles. The SMILES string of the molecule is CNCCC(=O)OC(COC(=O)CCN(C)C)COc1ccc(C(C)(C)c2ccc(OCC(CCl)OC(=O)CCN(C)C)cc2)cc1. The maximum absolute atomic E-state index is 12.3. The Balaban J connectivity index is 1.97. The number of carbonyl (C=O) groups excluding carboxylic acids is 3. The lowest BCUT2D eigenvalue weighted by Crippen LogP contribution is -2.32. The van der Waals surface area contributed by atoms with E-state index >= 15 is 0 Å². The highest BCUT2D eigenvalue weighted by molar-refractivity contribution is 6.18. The lowest BCUT2D eigenvalue weighted by atomic mass is 9.78. The van der Waals surface area contributed by atoms with Crippen molar-refractivity contribution in [3.05, 3.63) is 59.7 Å². The maximum Gasteiger partial charge on any atom is 0.307 e. The summed E-state index contributed by atoms with van der Waals surface area (Å²) in [5, 5.41) is 2.91. The molecule has 1 N–H and O–H groups in total. The summed E-state index contributed by atoms with van der Waals surface area (Å²) in [6, 6.07) is 15.5. The standard InChI is InChI=1S/C35H52ClN3O8/c1-35(2,26-8-12-28(13-9-26)43-23-30(22-36)46-34(42)18-21-39(6)7)27-10-14-29(15-11-27)44-24-31(47-33(41)16-19-37-3)25-45-32(40)17-20-38(4)5/h8-15,30-31,37H,16-25H2,1-7H3. The molecule has 0 radical (unpaired) electrons. The van der Waals surface area contributed by atoms with Crippen LogP contribution >= 0.6 is 11.6 Å². The molecule has 2 rings (SSSR count). The molecule has 2 aromatic rings. The molecular formula is C35H52ClN3O8. The predicted octanol–water partition coefficient (Wildman–Crippen LogP) is 3.89. The number of hydrogen-bond acceptors (Lipinski definition) is 11. The minimum Gasteiger partial charge on any atom is -0.490 e. The van der Waals surface area contributed by atoms with E-state index in [4.69, 9.17) is 35.3 Å². The number of alkyl halides is 1. The molecule has 47 heavy (non-hydrogen) atoms. The van der Waals surface area contributed by atoms with Crippen molar-refractivity contribution in [3.8, 4) is 11.5 Å². The molecule has 0 aliphatic rings. The van der Waals surface area contributed by atoms with Gasteiger partial charge < -0.3 is 38.8 Å². The summed E-state index contributed by atoms with van der Waals surface area (Å²) in [5.74, 6) is 0.325. The molecule has 2 unspecified atom stereocenters. The highest BCUT2D eigenvalue weighted by atomic mass is 35.5. The Morgan fingerprint density at radius 2 is 1.15 bits per heavy atom. The van der Waals surface area contributed by atoms with E-state index in [1.54, 1.807) is 7.05 Å². The van der Waals surface area contributed by atoms with Crippen molar-refractivity contribution >= 4 is 29.5 Å². The van der Waals surface area contributed by atoms with Crippen molar-refractivity contribution in [2.24, 2.45) is 0 Å². The Labute approximate surface area is 284 Å². The van der Waals surface area contributed by atoms with E-state index in [0.29, 0.717) is 37.6 Å². The molecule has 0 aliphatic carbocycles. The van der Waals surface area contributed by atoms with Gasteiger partial charge in [0.15, 0.2) is 6.10 Å². The largest absolute Gasteiger partial charge is 0.490 e. The zero-order chi connectivity index (χ0) is 34.8. The Hall–Kier alpha value is -3.38. The second kappa shape index (κ2) is 20.8. The minimum absolute atomic E-state index is 0.0380. The number of carbonyl (C=O) groups is 3. The number of halogens is 1. The van der Waals surface area contributed by atoms with Crippen molar-refractivity contribution in [2.45, 2.75) is 50.7 Å². The fraction of sp³-hybridized carbons (Fsp3) is 0.571. The zero-order valence-corrected chi connectivity index (χ0v) is 29.6. The first-order chi connectivity index (χ1) is 22.3. The van der Waals surface area contributed by atoms with Crippen LogP contribution in [0.25, 0.3) is 0 Å². The van der Waals surface area contributed by atoms with Crippen molar-refractivity contribution in [1.82, 2.24) is 15.1 Å². The van der Waals surface area contributed by atoms with Crippen LogP contribution in [0, 0.1) is 0 Å². The molecule has 12 heteroatoms. The van der Waals surface area contributed by atoms with Crippen LogP contribution in [0.4, 0.5) is 0 Å². The Morgan fingerprint density at radius 3 is 1.62 bits per heavy atom. The second-order valence-corrected chi connectivity index (χ2v) is 12.6. The molecule has 0 fully saturated rings. The summed E-state index contributed by atoms with van der Waals surface area (Å²) in [4.78, 5) is 40.2. The van der Waals surface area contributed by atoms with Gasteiger partial charge in [0.05, 0.1) is 25.1 Å². The van der Waals surface area contributed by atoms with Crippen LogP contribution in [0.2, 0.25) is 0 Å². The topological polar surface area (TPSA) is 116 Å². The summed E-state index contributed by atoms with van der Waals surface area (Å²) in [6.45, 7) is 6.01. The minimum atomic E-state index is -0.741. The van der Waals surface area contributed by atoms with Crippen LogP contribution in [0.3, 0.4) is 0 Å². The fourth-order valence-electron chi connectivity index (χ4n) is 4.31. The van der Waals surface area contributed by atoms with E-state index in [2.05, 4.69) is 19.2 Å². The molecule has 262 valence electrons. The van der Waals surface area contributed by atoms with Crippen LogP contribution in [0.5, 0.6) is 11.5 Å². The van der Waals surface area contributed by atoms with Crippen LogP contribution < -0.4 is 14.8 Å². The smallest absolute Gasteiger partial charge is 0.307 e. The van der Waals surface area contributed by atoms with Gasteiger partial charge in [-0.1, -0.05) is 38.1 Å². The first-order valence-corrected chi connectivity index (χ1v) is 16.4. The summed E-state index contributed by atoms with van der Waals surface area (Å²) in [6.07, 6.45) is -0.552. The molecule has 11 nitrogen and oxygen atoms in total. The van der Waals surface area contributed by atoms with Crippen LogP contribution in [0.15, 0.2) is 48.5 Å². The first kappa shape index (κ1) is 39.8. The Morgan fingerprint density at radius 1 is 0.702 bits per heavy atom. The number of hydrogen-bond donors (Lipinski definition) is 1. The summed E-state index contributed by atoms with van der Waals surface area (Å²) in [7, 11) is 9.30. The second-order valence-electron chi connectivity index (χ2n) is 12.3. The van der Waals surface area contributed by atoms with Crippen molar-refractivity contribution in [3.63, 3.8) is 0 Å². The number of ether oxygens (including phenoxy) is 5. The van der Waals surface area contributed by atoms with Gasteiger partial charge in [-0.2, -0.15) is 0 Å². The van der Waals surface area contributed by atoms with Crippen molar-refractivity contribution in [1.29, 1.82) is 0 Å². The average molecular weight is 678 g/mol. The lowest BCUT2D eigenvalue weighted by molar-refractivity contribution is -0.160. The Bertz CT molecular complexity index is 1220. The van der Waals surface area contributed by atoms with Crippen LogP contribution in [0.1, 0.15) is 44.2 Å². The Kier molecular flexibility index (Phi) is 17.6. The molecule has 0 saturated carbocycles. The van der Waals surface area contributed by atoms with Gasteiger partial charge in [-0.15, -0.1) is 11.6 Å². The summed E-state index contributed by atoms with van der Waals surface area (Å²) < 4.78 is 28.1. The molecule has 2 aromatic carbocycles. The zero-order valence-electron chi connectivity index (χ0n) is 28.9. The van der Waals surface area contributed by atoms with Gasteiger partial charge in [0.2, 0.25) is 0 Å². The van der Waals surface area contributed by atoms with E-state index in [9.17, 15) is 14.4 Å². The van der Waals surface area contributed by atoms with Crippen molar-refractivity contribution in [2.75, 3.05) is 80.6 Å². The van der Waals surface area contributed by atoms with E-state index in [1.165, 1.54) is 0 Å². The maximum atomic E-state index is 12.3. The van der Waals surface area contributed by atoms with Crippen molar-refractivity contribution < 1.29 is 38.1 Å². The third-order valence-corrected chi connectivity index (χ3v) is 7.67. The van der Waals surface area contributed by atoms with E-state index in [-0.39, 0.29) is 55.9 Å². The molecule has 0 bridgehead atoms. The predicted molar refractivity (Wildman–Crippen MR) is 182 cm³/mol. The monoisotopic (exact) mass is 677 g/mol. The van der Waals surface area contributed by atoms with Gasteiger partial charge in [-0.3, -0.25) is 14.4 Å². The number of nitrogens with zero attached hydrogens (tertiary/aromatic N) is 2. The van der Waals surface area contributed by atoms with Gasteiger partial charge in [0.1, 0.15) is 37.4 Å². The summed E-state index contributed by atoms with van der Waals surface area (Å²) in [5.41, 5.74) is 1.81. The molecule has 2 atom stereocenters. The first-order valence-electron chi connectivity index (χ1n) is 15.8.